The molecule has 0 unspecified atom stereocenters. The van der Waals surface area contributed by atoms with E-state index in [4.69, 9.17) is 11.6 Å². The Labute approximate surface area is 160 Å². The van der Waals surface area contributed by atoms with Gasteiger partial charge in [-0.2, -0.15) is 13.1 Å². The highest BCUT2D eigenvalue weighted by atomic mass is 35.5. The predicted octanol–water partition coefficient (Wildman–Crippen LogP) is 2.91. The summed E-state index contributed by atoms with van der Waals surface area (Å²) in [5, 5.41) is 3.01. The third-order valence-electron chi connectivity index (χ3n) is 3.70. The summed E-state index contributed by atoms with van der Waals surface area (Å²) in [6.07, 6.45) is 0. The first-order valence-corrected chi connectivity index (χ1v) is 10.1. The van der Waals surface area contributed by atoms with Crippen LogP contribution in [0.15, 0.2) is 41.3 Å². The quantitative estimate of drug-likeness (QED) is 0.698. The molecule has 3 aromatic rings. The molecule has 0 radical (unpaired) electrons. The second-order valence-electron chi connectivity index (χ2n) is 5.68. The summed E-state index contributed by atoms with van der Waals surface area (Å²) in [6, 6.07) is 9.92. The highest BCUT2D eigenvalue weighted by Gasteiger charge is 2.26. The van der Waals surface area contributed by atoms with Gasteiger partial charge in [0.05, 0.1) is 29.0 Å². The minimum absolute atomic E-state index is 0.0208. The molecule has 0 saturated heterocycles. The number of hydrogen-bond acceptors (Lipinski definition) is 6. The zero-order valence-corrected chi connectivity index (χ0v) is 16.3. The zero-order chi connectivity index (χ0) is 18.9. The van der Waals surface area contributed by atoms with Gasteiger partial charge in [-0.1, -0.05) is 23.7 Å². The van der Waals surface area contributed by atoms with Crippen molar-refractivity contribution in [1.82, 2.24) is 13.1 Å². The third kappa shape index (κ3) is 3.70. The summed E-state index contributed by atoms with van der Waals surface area (Å²) in [5.41, 5.74) is 2.18. The van der Waals surface area contributed by atoms with E-state index in [1.165, 1.54) is 13.1 Å². The van der Waals surface area contributed by atoms with Crippen molar-refractivity contribution in [3.8, 4) is 0 Å². The molecule has 1 aromatic heterocycles. The van der Waals surface area contributed by atoms with Crippen LogP contribution in [-0.4, -0.2) is 41.0 Å². The lowest BCUT2D eigenvalue weighted by Gasteiger charge is -2.17. The van der Waals surface area contributed by atoms with Crippen LogP contribution in [0.1, 0.15) is 5.56 Å². The molecule has 0 atom stereocenters. The minimum atomic E-state index is -3.90. The van der Waals surface area contributed by atoms with Crippen LogP contribution in [-0.2, 0) is 14.8 Å². The van der Waals surface area contributed by atoms with Gasteiger partial charge in [-0.3, -0.25) is 4.79 Å². The Morgan fingerprint density at radius 3 is 2.77 bits per heavy atom. The zero-order valence-electron chi connectivity index (χ0n) is 13.9. The Kier molecular flexibility index (Phi) is 5.24. The third-order valence-corrected chi connectivity index (χ3v) is 6.39. The summed E-state index contributed by atoms with van der Waals surface area (Å²) in [7, 11) is -2.56. The molecule has 7 nitrogen and oxygen atoms in total. The summed E-state index contributed by atoms with van der Waals surface area (Å²) in [5.74, 6) is -0.495. The van der Waals surface area contributed by atoms with Gasteiger partial charge >= 0.3 is 0 Å². The molecule has 0 spiro atoms. The fourth-order valence-electron chi connectivity index (χ4n) is 2.36. The standard InChI is InChI=1S/C16H15ClN4O3S2/c1-10-6-7-12(11(17)8-10)18-15(22)9-21(2)26(23,24)14-5-3-4-13-16(14)20-25-19-13/h3-8H,9H2,1-2H3,(H,18,22). The smallest absolute Gasteiger partial charge is 0.245 e. The number of sulfonamides is 1. The molecule has 1 N–H and O–H groups in total. The van der Waals surface area contributed by atoms with Crippen LogP contribution in [0.25, 0.3) is 11.0 Å². The number of carbonyl (C=O) groups is 1. The maximum absolute atomic E-state index is 12.8. The van der Waals surface area contributed by atoms with Gasteiger partial charge in [-0.25, -0.2) is 8.42 Å². The molecule has 0 aliphatic heterocycles. The molecule has 10 heteroatoms. The monoisotopic (exact) mass is 410 g/mol. The van der Waals surface area contributed by atoms with E-state index in [9.17, 15) is 13.2 Å². The van der Waals surface area contributed by atoms with E-state index in [0.717, 1.165) is 21.6 Å². The first kappa shape index (κ1) is 18.7. The van der Waals surface area contributed by atoms with Crippen molar-refractivity contribution in [2.24, 2.45) is 0 Å². The molecule has 0 bridgehead atoms. The van der Waals surface area contributed by atoms with E-state index in [2.05, 4.69) is 14.1 Å². The Morgan fingerprint density at radius 2 is 2.04 bits per heavy atom. The first-order chi connectivity index (χ1) is 12.3. The molecule has 1 heterocycles. The Morgan fingerprint density at radius 1 is 1.27 bits per heavy atom. The Balaban J connectivity index is 1.79. The van der Waals surface area contributed by atoms with Gasteiger partial charge in [0.2, 0.25) is 15.9 Å². The molecule has 3 rings (SSSR count). The first-order valence-electron chi connectivity index (χ1n) is 7.52. The minimum Gasteiger partial charge on any atom is -0.324 e. The van der Waals surface area contributed by atoms with Crippen LogP contribution in [0.5, 0.6) is 0 Å². The number of carbonyl (C=O) groups excluding carboxylic acids is 1. The van der Waals surface area contributed by atoms with Crippen LogP contribution >= 0.6 is 23.3 Å². The SMILES string of the molecule is Cc1ccc(NC(=O)CN(C)S(=O)(=O)c2cccc3nsnc23)c(Cl)c1. The van der Waals surface area contributed by atoms with Gasteiger partial charge in [-0.05, 0) is 36.8 Å². The van der Waals surface area contributed by atoms with E-state index >= 15 is 0 Å². The Bertz CT molecular complexity index is 1080. The maximum Gasteiger partial charge on any atom is 0.245 e. The lowest BCUT2D eigenvalue weighted by atomic mass is 10.2. The number of anilines is 1. The topological polar surface area (TPSA) is 92.3 Å². The summed E-state index contributed by atoms with van der Waals surface area (Å²) >= 11 is 7.02. The van der Waals surface area contributed by atoms with Crippen LogP contribution < -0.4 is 5.32 Å². The second-order valence-corrected chi connectivity index (χ2v) is 8.63. The number of likely N-dealkylation sites (N-methyl/N-ethyl adjacent to an activating group) is 1. The maximum atomic E-state index is 12.8. The van der Waals surface area contributed by atoms with Crippen LogP contribution in [0.3, 0.4) is 0 Å². The number of halogens is 1. The van der Waals surface area contributed by atoms with Gasteiger partial charge in [0.15, 0.2) is 0 Å². The number of amides is 1. The largest absolute Gasteiger partial charge is 0.324 e. The van der Waals surface area contributed by atoms with E-state index in [-0.39, 0.29) is 11.4 Å². The van der Waals surface area contributed by atoms with E-state index < -0.39 is 15.9 Å². The number of benzene rings is 2. The molecule has 0 aliphatic rings. The number of nitrogens with one attached hydrogen (secondary N) is 1. The summed E-state index contributed by atoms with van der Waals surface area (Å²) < 4.78 is 34.7. The van der Waals surface area contributed by atoms with Crippen molar-refractivity contribution < 1.29 is 13.2 Å². The second kappa shape index (κ2) is 7.28. The normalized spacial score (nSPS) is 11.8. The van der Waals surface area contributed by atoms with Crippen LogP contribution in [0.4, 0.5) is 5.69 Å². The van der Waals surface area contributed by atoms with E-state index in [1.807, 2.05) is 6.92 Å². The average Bonchev–Trinajstić information content (AvgIpc) is 3.05. The fourth-order valence-corrected chi connectivity index (χ4v) is 4.51. The van der Waals surface area contributed by atoms with Crippen molar-refractivity contribution in [3.63, 3.8) is 0 Å². The molecule has 136 valence electrons. The van der Waals surface area contributed by atoms with Crippen molar-refractivity contribution in [3.05, 3.63) is 47.0 Å². The van der Waals surface area contributed by atoms with Gasteiger partial charge in [0.1, 0.15) is 15.9 Å². The van der Waals surface area contributed by atoms with Crippen molar-refractivity contribution in [1.29, 1.82) is 0 Å². The number of nitrogens with zero attached hydrogens (tertiary/aromatic N) is 3. The van der Waals surface area contributed by atoms with Gasteiger partial charge in [0.25, 0.3) is 0 Å². The molecule has 26 heavy (non-hydrogen) atoms. The average molecular weight is 411 g/mol. The molecule has 1 amide bonds. The lowest BCUT2D eigenvalue weighted by Crippen LogP contribution is -2.35. The van der Waals surface area contributed by atoms with Gasteiger partial charge in [-0.15, -0.1) is 0 Å². The number of aromatic nitrogens is 2. The van der Waals surface area contributed by atoms with Crippen LogP contribution in [0.2, 0.25) is 5.02 Å². The van der Waals surface area contributed by atoms with Crippen molar-refractivity contribution >= 4 is 56.0 Å². The van der Waals surface area contributed by atoms with Crippen molar-refractivity contribution in [2.75, 3.05) is 18.9 Å². The highest BCUT2D eigenvalue weighted by Crippen LogP contribution is 2.25. The van der Waals surface area contributed by atoms with Gasteiger partial charge < -0.3 is 5.32 Å². The number of fused-ring (bicyclic) bond motifs is 1. The van der Waals surface area contributed by atoms with Crippen LogP contribution in [0, 0.1) is 6.92 Å². The summed E-state index contributed by atoms with van der Waals surface area (Å²) in [6.45, 7) is 1.52. The lowest BCUT2D eigenvalue weighted by molar-refractivity contribution is -0.116. The summed E-state index contributed by atoms with van der Waals surface area (Å²) in [4.78, 5) is 12.3. The number of aryl methyl sites for hydroxylation is 1. The fraction of sp³-hybridized carbons (Fsp3) is 0.188. The number of hydrogen-bond donors (Lipinski definition) is 1. The number of rotatable bonds is 5. The molecule has 0 fully saturated rings. The van der Waals surface area contributed by atoms with E-state index in [0.29, 0.717) is 21.7 Å². The molecular weight excluding hydrogens is 396 g/mol. The molecular formula is C16H15ClN4O3S2. The highest BCUT2D eigenvalue weighted by molar-refractivity contribution is 7.89. The Hall–Kier alpha value is -2.07. The molecule has 2 aromatic carbocycles. The van der Waals surface area contributed by atoms with Crippen molar-refractivity contribution in [2.45, 2.75) is 11.8 Å². The predicted molar refractivity (Wildman–Crippen MR) is 102 cm³/mol. The van der Waals surface area contributed by atoms with E-state index in [1.54, 1.807) is 30.3 Å². The van der Waals surface area contributed by atoms with Gasteiger partial charge in [0, 0.05) is 7.05 Å². The molecule has 0 aliphatic carbocycles. The molecule has 0 saturated carbocycles.